The quantitative estimate of drug-likeness (QED) is 0.745. The molecule has 0 fully saturated rings. The van der Waals surface area contributed by atoms with Crippen molar-refractivity contribution in [2.75, 3.05) is 0 Å². The summed E-state index contributed by atoms with van der Waals surface area (Å²) in [7, 11) is 0. The van der Waals surface area contributed by atoms with Crippen LogP contribution < -0.4 is 4.72 Å². The van der Waals surface area contributed by atoms with Gasteiger partial charge < -0.3 is 0 Å². The molecule has 12 heavy (non-hydrogen) atoms. The minimum absolute atomic E-state index is 0.235. The SMILES string of the molecule is O=C(NS(=O)O)c1sccc1Cl. The van der Waals surface area contributed by atoms with E-state index in [0.29, 0.717) is 0 Å². The molecule has 0 aromatic carbocycles. The van der Waals surface area contributed by atoms with Gasteiger partial charge in [-0.3, -0.25) is 9.35 Å². The fourth-order valence-corrected chi connectivity index (χ4v) is 1.94. The van der Waals surface area contributed by atoms with Crippen LogP contribution >= 0.6 is 22.9 Å². The van der Waals surface area contributed by atoms with Gasteiger partial charge in [0.2, 0.25) is 0 Å². The number of rotatable bonds is 2. The summed E-state index contributed by atoms with van der Waals surface area (Å²) in [6.45, 7) is 0. The van der Waals surface area contributed by atoms with Crippen molar-refractivity contribution in [3.05, 3.63) is 21.3 Å². The fraction of sp³-hybridized carbons (Fsp3) is 0. The average Bonchev–Trinajstić information content (AvgIpc) is 2.33. The molecule has 1 rings (SSSR count). The number of halogens is 1. The predicted molar refractivity (Wildman–Crippen MR) is 47.6 cm³/mol. The van der Waals surface area contributed by atoms with Gasteiger partial charge in [0.05, 0.1) is 5.02 Å². The second-order valence-electron chi connectivity index (χ2n) is 1.78. The lowest BCUT2D eigenvalue weighted by Gasteiger charge is -1.96. The molecule has 2 N–H and O–H groups in total. The Hall–Kier alpha value is -0.430. The molecule has 0 spiro atoms. The van der Waals surface area contributed by atoms with Crippen LogP contribution in [0.15, 0.2) is 11.4 Å². The van der Waals surface area contributed by atoms with E-state index < -0.39 is 17.2 Å². The Morgan fingerprint density at radius 1 is 1.75 bits per heavy atom. The summed E-state index contributed by atoms with van der Waals surface area (Å²) in [6, 6.07) is 1.54. The van der Waals surface area contributed by atoms with Crippen LogP contribution in [0.4, 0.5) is 0 Å². The lowest BCUT2D eigenvalue weighted by atomic mass is 10.4. The van der Waals surface area contributed by atoms with Gasteiger partial charge in [-0.15, -0.1) is 11.3 Å². The molecule has 1 amide bonds. The van der Waals surface area contributed by atoms with E-state index in [2.05, 4.69) is 0 Å². The van der Waals surface area contributed by atoms with Gasteiger partial charge in [0, 0.05) is 0 Å². The summed E-state index contributed by atoms with van der Waals surface area (Å²) < 4.78 is 20.3. The molecule has 0 aliphatic carbocycles. The van der Waals surface area contributed by atoms with Gasteiger partial charge in [0.15, 0.2) is 0 Å². The van der Waals surface area contributed by atoms with Crippen LogP contribution in [0.3, 0.4) is 0 Å². The van der Waals surface area contributed by atoms with Crippen LogP contribution in [0, 0.1) is 0 Å². The van der Waals surface area contributed by atoms with Crippen molar-refractivity contribution in [1.29, 1.82) is 0 Å². The van der Waals surface area contributed by atoms with Crippen LogP contribution in [-0.2, 0) is 11.3 Å². The predicted octanol–water partition coefficient (Wildman–Crippen LogP) is 1.27. The molecule has 0 aliphatic heterocycles. The molecular formula is C5H4ClNO3S2. The second-order valence-corrected chi connectivity index (χ2v) is 3.80. The average molecular weight is 226 g/mol. The normalized spacial score (nSPS) is 12.5. The van der Waals surface area contributed by atoms with Crippen LogP contribution in [-0.4, -0.2) is 14.7 Å². The van der Waals surface area contributed by atoms with Crippen LogP contribution in [0.25, 0.3) is 0 Å². The smallest absolute Gasteiger partial charge is 0.276 e. The number of hydrogen-bond donors (Lipinski definition) is 2. The van der Waals surface area contributed by atoms with Gasteiger partial charge in [-0.2, -0.15) is 0 Å². The first-order valence-electron chi connectivity index (χ1n) is 2.76. The first kappa shape index (κ1) is 9.66. The van der Waals surface area contributed by atoms with E-state index in [-0.39, 0.29) is 9.90 Å². The van der Waals surface area contributed by atoms with Gasteiger partial charge in [-0.05, 0) is 11.4 Å². The van der Waals surface area contributed by atoms with Crippen molar-refractivity contribution >= 4 is 40.1 Å². The Balaban J connectivity index is 2.78. The van der Waals surface area contributed by atoms with Crippen LogP contribution in [0.2, 0.25) is 5.02 Å². The Morgan fingerprint density at radius 3 is 2.83 bits per heavy atom. The van der Waals surface area contributed by atoms with E-state index in [1.165, 1.54) is 0 Å². The van der Waals surface area contributed by atoms with Crippen molar-refractivity contribution in [3.8, 4) is 0 Å². The molecule has 1 heterocycles. The maximum atomic E-state index is 11.0. The fourth-order valence-electron chi connectivity index (χ4n) is 0.581. The Labute approximate surface area is 80.0 Å². The van der Waals surface area contributed by atoms with Gasteiger partial charge in [-0.1, -0.05) is 11.6 Å². The van der Waals surface area contributed by atoms with Crippen molar-refractivity contribution in [2.45, 2.75) is 0 Å². The van der Waals surface area contributed by atoms with E-state index in [4.69, 9.17) is 16.2 Å². The molecule has 0 saturated carbocycles. The molecule has 0 radical (unpaired) electrons. The molecule has 1 unspecified atom stereocenters. The number of carbonyl (C=O) groups excluding carboxylic acids is 1. The Bertz CT molecular complexity index is 324. The summed E-state index contributed by atoms with van der Waals surface area (Å²) in [5.74, 6) is -0.643. The largest absolute Gasteiger partial charge is 0.289 e. The summed E-state index contributed by atoms with van der Waals surface area (Å²) in [6.07, 6.45) is 0. The summed E-state index contributed by atoms with van der Waals surface area (Å²) in [5, 5.41) is 1.90. The lowest BCUT2D eigenvalue weighted by molar-refractivity contribution is 0.0985. The van der Waals surface area contributed by atoms with Gasteiger partial charge in [0.1, 0.15) is 4.88 Å². The maximum Gasteiger partial charge on any atom is 0.276 e. The Morgan fingerprint density at radius 2 is 2.42 bits per heavy atom. The molecule has 4 nitrogen and oxygen atoms in total. The minimum Gasteiger partial charge on any atom is -0.289 e. The van der Waals surface area contributed by atoms with E-state index >= 15 is 0 Å². The Kier molecular flexibility index (Phi) is 3.21. The molecule has 1 aromatic heterocycles. The first-order chi connectivity index (χ1) is 5.61. The number of hydrogen-bond acceptors (Lipinski definition) is 3. The topological polar surface area (TPSA) is 66.4 Å². The molecule has 66 valence electrons. The van der Waals surface area contributed by atoms with Crippen molar-refractivity contribution in [2.24, 2.45) is 0 Å². The molecule has 7 heteroatoms. The molecular weight excluding hydrogens is 222 g/mol. The molecule has 1 aromatic rings. The van der Waals surface area contributed by atoms with Crippen molar-refractivity contribution in [1.82, 2.24) is 4.72 Å². The third-order valence-electron chi connectivity index (χ3n) is 1.00. The number of thiophene rings is 1. The van der Waals surface area contributed by atoms with E-state index in [9.17, 15) is 9.00 Å². The monoisotopic (exact) mass is 225 g/mol. The standard InChI is InChI=1S/C5H4ClNO3S2/c6-3-1-2-11-4(3)5(8)7-12(9)10/h1-2H,(H,7,8)(H,9,10). The lowest BCUT2D eigenvalue weighted by Crippen LogP contribution is -2.24. The molecule has 0 bridgehead atoms. The zero-order chi connectivity index (χ0) is 9.14. The van der Waals surface area contributed by atoms with E-state index in [0.717, 1.165) is 11.3 Å². The summed E-state index contributed by atoms with van der Waals surface area (Å²) >= 11 is 4.36. The maximum absolute atomic E-state index is 11.0. The highest BCUT2D eigenvalue weighted by Crippen LogP contribution is 2.21. The van der Waals surface area contributed by atoms with E-state index in [1.54, 1.807) is 16.2 Å². The molecule has 0 aliphatic rings. The third kappa shape index (κ3) is 2.28. The number of nitrogens with one attached hydrogen (secondary N) is 1. The van der Waals surface area contributed by atoms with Gasteiger partial charge >= 0.3 is 0 Å². The second kappa shape index (κ2) is 3.99. The number of amides is 1. The van der Waals surface area contributed by atoms with Gasteiger partial charge in [0.25, 0.3) is 17.2 Å². The summed E-state index contributed by atoms with van der Waals surface area (Å²) in [5.41, 5.74) is 0. The van der Waals surface area contributed by atoms with Crippen molar-refractivity contribution in [3.63, 3.8) is 0 Å². The van der Waals surface area contributed by atoms with Crippen molar-refractivity contribution < 1.29 is 13.6 Å². The number of carbonyl (C=O) groups is 1. The summed E-state index contributed by atoms with van der Waals surface area (Å²) in [4.78, 5) is 11.2. The highest BCUT2D eigenvalue weighted by Gasteiger charge is 2.12. The molecule has 0 saturated heterocycles. The zero-order valence-corrected chi connectivity index (χ0v) is 8.00. The van der Waals surface area contributed by atoms with Gasteiger partial charge in [-0.25, -0.2) is 8.93 Å². The zero-order valence-electron chi connectivity index (χ0n) is 5.61. The minimum atomic E-state index is -2.34. The first-order valence-corrected chi connectivity index (χ1v) is 5.12. The highest BCUT2D eigenvalue weighted by molar-refractivity contribution is 7.77. The van der Waals surface area contributed by atoms with E-state index in [1.807, 2.05) is 0 Å². The highest BCUT2D eigenvalue weighted by atomic mass is 35.5. The molecule has 1 atom stereocenters. The van der Waals surface area contributed by atoms with Crippen LogP contribution in [0.1, 0.15) is 9.67 Å². The third-order valence-corrected chi connectivity index (χ3v) is 2.70. The van der Waals surface area contributed by atoms with Crippen LogP contribution in [0.5, 0.6) is 0 Å².